The van der Waals surface area contributed by atoms with Crippen LogP contribution in [-0.2, 0) is 20.7 Å². The molecule has 0 bridgehead atoms. The van der Waals surface area contributed by atoms with E-state index in [4.69, 9.17) is 25.8 Å². The summed E-state index contributed by atoms with van der Waals surface area (Å²) in [5.74, 6) is -2.31. The highest BCUT2D eigenvalue weighted by Gasteiger charge is 2.38. The molecule has 1 N–H and O–H groups in total. The fourth-order valence-corrected chi connectivity index (χ4v) is 5.36. The average Bonchev–Trinajstić information content (AvgIpc) is 3.40. The summed E-state index contributed by atoms with van der Waals surface area (Å²) in [5, 5.41) is 3.64. The van der Waals surface area contributed by atoms with Crippen molar-refractivity contribution in [3.05, 3.63) is 76.6 Å². The standard InChI is InChI=1S/C31H29ClF4N2O6.C2H6/c1-3-42-30(40)19-10-23(11-19)43-24-14-21(13-22(15-24)41-2)37-28(17-4-6-20(32)7-5-17)29(39)38-9-8-18-12-25(33)27(16-26(18)38)44-31(34,35)36;1-2/h4-7,12-16,19,23,28,37H,3,8-11H2,1-2H3;1-2H3. The van der Waals surface area contributed by atoms with Crippen molar-refractivity contribution in [1.29, 1.82) is 0 Å². The number of amides is 1. The van der Waals surface area contributed by atoms with Gasteiger partial charge in [-0.25, -0.2) is 4.39 Å². The first-order chi connectivity index (χ1) is 21.9. The van der Waals surface area contributed by atoms with Crippen LogP contribution in [0.2, 0.25) is 5.02 Å². The van der Waals surface area contributed by atoms with E-state index in [9.17, 15) is 27.2 Å². The van der Waals surface area contributed by atoms with E-state index in [1.165, 1.54) is 12.0 Å². The van der Waals surface area contributed by atoms with Crippen LogP contribution in [0.1, 0.15) is 50.8 Å². The molecule has 3 aromatic carbocycles. The van der Waals surface area contributed by atoms with Crippen LogP contribution in [0.15, 0.2) is 54.6 Å². The molecule has 1 unspecified atom stereocenters. The number of benzene rings is 3. The van der Waals surface area contributed by atoms with Crippen molar-refractivity contribution >= 4 is 34.9 Å². The number of methoxy groups -OCH3 is 1. The second kappa shape index (κ2) is 14.9. The average molecular weight is 667 g/mol. The van der Waals surface area contributed by atoms with E-state index < -0.39 is 29.9 Å². The first-order valence-electron chi connectivity index (χ1n) is 14.9. The maximum atomic E-state index is 14.4. The van der Waals surface area contributed by atoms with Crippen LogP contribution >= 0.6 is 11.6 Å². The van der Waals surface area contributed by atoms with Gasteiger partial charge in [0.1, 0.15) is 23.6 Å². The molecule has 0 saturated heterocycles. The van der Waals surface area contributed by atoms with Gasteiger partial charge >= 0.3 is 12.3 Å². The van der Waals surface area contributed by atoms with Crippen LogP contribution in [0.4, 0.5) is 28.9 Å². The van der Waals surface area contributed by atoms with E-state index in [0.717, 1.165) is 12.1 Å². The van der Waals surface area contributed by atoms with Crippen LogP contribution < -0.4 is 24.4 Å². The van der Waals surface area contributed by atoms with E-state index in [1.54, 1.807) is 49.4 Å². The molecule has 248 valence electrons. The number of fused-ring (bicyclic) bond motifs is 1. The predicted octanol–water partition coefficient (Wildman–Crippen LogP) is 7.88. The third kappa shape index (κ3) is 8.34. The largest absolute Gasteiger partial charge is 0.573 e. The quantitative estimate of drug-likeness (QED) is 0.174. The molecule has 8 nitrogen and oxygen atoms in total. The minimum Gasteiger partial charge on any atom is -0.497 e. The first-order valence-corrected chi connectivity index (χ1v) is 15.3. The van der Waals surface area contributed by atoms with Crippen molar-refractivity contribution in [3.63, 3.8) is 0 Å². The van der Waals surface area contributed by atoms with Gasteiger partial charge in [0.2, 0.25) is 0 Å². The third-order valence-corrected chi connectivity index (χ3v) is 7.67. The summed E-state index contributed by atoms with van der Waals surface area (Å²) in [4.78, 5) is 27.3. The fourth-order valence-electron chi connectivity index (χ4n) is 5.23. The van der Waals surface area contributed by atoms with Crippen molar-refractivity contribution in [1.82, 2.24) is 0 Å². The Labute approximate surface area is 269 Å². The Bertz CT molecular complexity index is 1530. The Morgan fingerprint density at radius 3 is 2.35 bits per heavy atom. The number of carbonyl (C=O) groups excluding carboxylic acids is 2. The topological polar surface area (TPSA) is 86.3 Å². The SMILES string of the molecule is CC.CCOC(=O)C1CC(Oc2cc(NC(C(=O)N3CCc4cc(F)c(OC(F)(F)F)cc43)c3ccc(Cl)cc3)cc(OC)c2)C1. The van der Waals surface area contributed by atoms with Gasteiger partial charge in [-0.1, -0.05) is 37.6 Å². The van der Waals surface area contributed by atoms with Gasteiger partial charge in [-0.05, 0) is 55.5 Å². The summed E-state index contributed by atoms with van der Waals surface area (Å²) < 4.78 is 73.6. The maximum Gasteiger partial charge on any atom is 0.573 e. The predicted molar refractivity (Wildman–Crippen MR) is 165 cm³/mol. The summed E-state index contributed by atoms with van der Waals surface area (Å²) >= 11 is 6.09. The number of hydrogen-bond donors (Lipinski definition) is 1. The Balaban J connectivity index is 0.00000235. The molecule has 1 fully saturated rings. The molecule has 0 aromatic heterocycles. The van der Waals surface area contributed by atoms with Gasteiger partial charge in [-0.3, -0.25) is 9.59 Å². The molecule has 2 aliphatic rings. The lowest BCUT2D eigenvalue weighted by atomic mass is 9.82. The Hall–Kier alpha value is -4.19. The van der Waals surface area contributed by atoms with Gasteiger partial charge in [0.25, 0.3) is 5.91 Å². The Morgan fingerprint density at radius 2 is 1.72 bits per heavy atom. The lowest BCUT2D eigenvalue weighted by Crippen LogP contribution is -2.39. The van der Waals surface area contributed by atoms with Crippen LogP contribution in [0.5, 0.6) is 17.2 Å². The van der Waals surface area contributed by atoms with Crippen molar-refractivity contribution in [2.45, 2.75) is 58.5 Å². The van der Waals surface area contributed by atoms with E-state index in [-0.39, 0.29) is 36.6 Å². The molecule has 1 aliphatic carbocycles. The van der Waals surface area contributed by atoms with Crippen molar-refractivity contribution in [3.8, 4) is 17.2 Å². The summed E-state index contributed by atoms with van der Waals surface area (Å²) in [6, 6.07) is 12.3. The molecule has 1 heterocycles. The zero-order valence-electron chi connectivity index (χ0n) is 25.8. The lowest BCUT2D eigenvalue weighted by Gasteiger charge is -2.33. The highest BCUT2D eigenvalue weighted by molar-refractivity contribution is 6.30. The highest BCUT2D eigenvalue weighted by atomic mass is 35.5. The fraction of sp³-hybridized carbons (Fsp3) is 0.394. The van der Waals surface area contributed by atoms with E-state index in [1.807, 2.05) is 13.8 Å². The molecule has 3 aromatic rings. The Morgan fingerprint density at radius 1 is 1.04 bits per heavy atom. The van der Waals surface area contributed by atoms with Crippen LogP contribution in [0.25, 0.3) is 0 Å². The summed E-state index contributed by atoms with van der Waals surface area (Å²) in [5.41, 5.74) is 1.46. The summed E-state index contributed by atoms with van der Waals surface area (Å²) in [7, 11) is 1.48. The molecular weight excluding hydrogens is 632 g/mol. The summed E-state index contributed by atoms with van der Waals surface area (Å²) in [6.45, 7) is 6.17. The first kappa shape index (κ1) is 34.7. The molecular formula is C33H35ClF4N2O6. The maximum absolute atomic E-state index is 14.4. The van der Waals surface area contributed by atoms with Gasteiger partial charge in [0, 0.05) is 41.5 Å². The molecule has 1 atom stereocenters. The second-order valence-electron chi connectivity index (χ2n) is 10.4. The zero-order chi connectivity index (χ0) is 33.6. The number of ether oxygens (including phenoxy) is 4. The minimum atomic E-state index is -5.11. The van der Waals surface area contributed by atoms with Crippen LogP contribution in [-0.4, -0.2) is 44.6 Å². The van der Waals surface area contributed by atoms with Gasteiger partial charge in [-0.2, -0.15) is 0 Å². The number of alkyl halides is 3. The monoisotopic (exact) mass is 666 g/mol. The number of nitrogens with zero attached hydrogens (tertiary/aromatic N) is 1. The third-order valence-electron chi connectivity index (χ3n) is 7.41. The molecule has 1 saturated carbocycles. The Kier molecular flexibility index (Phi) is 11.3. The molecule has 1 amide bonds. The smallest absolute Gasteiger partial charge is 0.497 e. The molecule has 1 aliphatic heterocycles. The van der Waals surface area contributed by atoms with Crippen molar-refractivity contribution in [2.24, 2.45) is 5.92 Å². The number of rotatable bonds is 10. The van der Waals surface area contributed by atoms with Gasteiger partial charge in [0.15, 0.2) is 11.6 Å². The van der Waals surface area contributed by atoms with E-state index in [2.05, 4.69) is 10.1 Å². The number of anilines is 2. The number of carbonyl (C=O) groups is 2. The molecule has 46 heavy (non-hydrogen) atoms. The van der Waals surface area contributed by atoms with Gasteiger partial charge in [0.05, 0.1) is 25.3 Å². The van der Waals surface area contributed by atoms with E-state index in [0.29, 0.717) is 52.8 Å². The number of nitrogens with one attached hydrogen (secondary N) is 1. The summed E-state index contributed by atoms with van der Waals surface area (Å²) in [6.07, 6.45) is -4.09. The molecule has 5 rings (SSSR count). The number of esters is 1. The van der Waals surface area contributed by atoms with Gasteiger partial charge < -0.3 is 29.2 Å². The lowest BCUT2D eigenvalue weighted by molar-refractivity contribution is -0.275. The zero-order valence-corrected chi connectivity index (χ0v) is 26.5. The molecule has 0 spiro atoms. The number of halogens is 5. The normalized spacial score (nSPS) is 17.5. The molecule has 13 heteroatoms. The minimum absolute atomic E-state index is 0.116. The molecule has 0 radical (unpaired) electrons. The van der Waals surface area contributed by atoms with Crippen LogP contribution in [0.3, 0.4) is 0 Å². The van der Waals surface area contributed by atoms with Crippen molar-refractivity contribution in [2.75, 3.05) is 30.5 Å². The van der Waals surface area contributed by atoms with E-state index >= 15 is 0 Å². The van der Waals surface area contributed by atoms with Crippen LogP contribution in [0, 0.1) is 11.7 Å². The second-order valence-corrected chi connectivity index (χ2v) is 10.8. The van der Waals surface area contributed by atoms with Crippen molar-refractivity contribution < 1.29 is 46.1 Å². The number of hydrogen-bond acceptors (Lipinski definition) is 7. The van der Waals surface area contributed by atoms with Gasteiger partial charge in [-0.15, -0.1) is 13.2 Å². The highest BCUT2D eigenvalue weighted by Crippen LogP contribution is 2.39.